The largest absolute Gasteiger partial charge is 0.489 e. The zero-order valence-electron chi connectivity index (χ0n) is 16.2. The van der Waals surface area contributed by atoms with Crippen LogP contribution in [0, 0.1) is 5.92 Å². The first-order valence-corrected chi connectivity index (χ1v) is 9.71. The number of aryl methyl sites for hydroxylation is 1. The Kier molecular flexibility index (Phi) is 4.86. The number of fused-ring (bicyclic) bond motifs is 2. The lowest BCUT2D eigenvalue weighted by molar-refractivity contribution is -0.120. The highest BCUT2D eigenvalue weighted by Gasteiger charge is 2.30. The van der Waals surface area contributed by atoms with Gasteiger partial charge in [-0.05, 0) is 30.9 Å². The Balaban J connectivity index is 1.46. The Morgan fingerprint density at radius 1 is 1.33 bits per heavy atom. The van der Waals surface area contributed by atoms with Gasteiger partial charge in [0.25, 0.3) is 0 Å². The molecule has 2 aliphatic rings. The lowest BCUT2D eigenvalue weighted by atomic mass is 9.95. The molecular formula is C20H27N5O2. The Morgan fingerprint density at radius 2 is 2.15 bits per heavy atom. The van der Waals surface area contributed by atoms with Gasteiger partial charge in [0.2, 0.25) is 5.91 Å². The van der Waals surface area contributed by atoms with Crippen LogP contribution >= 0.6 is 0 Å². The van der Waals surface area contributed by atoms with Gasteiger partial charge in [-0.3, -0.25) is 10.1 Å². The van der Waals surface area contributed by atoms with Gasteiger partial charge in [-0.1, -0.05) is 26.0 Å². The van der Waals surface area contributed by atoms with Crippen molar-refractivity contribution in [1.82, 2.24) is 20.1 Å². The summed E-state index contributed by atoms with van der Waals surface area (Å²) in [5.74, 6) is 3.06. The van der Waals surface area contributed by atoms with E-state index in [-0.39, 0.29) is 5.91 Å². The topological polar surface area (TPSA) is 72.3 Å². The van der Waals surface area contributed by atoms with E-state index in [0.717, 1.165) is 42.3 Å². The number of nitrogens with zero attached hydrogens (tertiary/aromatic N) is 4. The number of anilines is 1. The highest BCUT2D eigenvalue weighted by Crippen LogP contribution is 2.30. The van der Waals surface area contributed by atoms with E-state index in [9.17, 15) is 4.79 Å². The third kappa shape index (κ3) is 3.43. The standard InChI is InChI=1S/C20H27N5O2/c1-13(2)15-8-6-10-19-22-18(23-25(15)19)11-21-14-12-27-17-9-5-4-7-16(17)24(3)20(14)26/h4-5,7,9,13-15,21H,6,8,10-12H2,1-3H3/t14-,15+/m0/s1. The molecule has 27 heavy (non-hydrogen) atoms. The number of aromatic nitrogens is 3. The predicted octanol–water partition coefficient (Wildman–Crippen LogP) is 2.33. The van der Waals surface area contributed by atoms with E-state index in [1.165, 1.54) is 0 Å². The van der Waals surface area contributed by atoms with Gasteiger partial charge in [0.1, 0.15) is 24.2 Å². The quantitative estimate of drug-likeness (QED) is 0.895. The van der Waals surface area contributed by atoms with Crippen LogP contribution in [-0.2, 0) is 17.8 Å². The van der Waals surface area contributed by atoms with Crippen LogP contribution in [0.2, 0.25) is 0 Å². The summed E-state index contributed by atoms with van der Waals surface area (Å²) in [6, 6.07) is 7.59. The highest BCUT2D eigenvalue weighted by molar-refractivity contribution is 5.98. The van der Waals surface area contributed by atoms with Gasteiger partial charge in [-0.2, -0.15) is 5.10 Å². The molecule has 0 fully saturated rings. The molecule has 0 bridgehead atoms. The minimum Gasteiger partial charge on any atom is -0.489 e. The molecule has 1 aromatic carbocycles. The third-order valence-electron chi connectivity index (χ3n) is 5.50. The number of benzene rings is 1. The number of ether oxygens (including phenoxy) is 1. The molecule has 2 aromatic rings. The maximum atomic E-state index is 12.8. The first-order chi connectivity index (χ1) is 13.0. The van der Waals surface area contributed by atoms with Crippen LogP contribution in [0.4, 0.5) is 5.69 Å². The highest BCUT2D eigenvalue weighted by atomic mass is 16.5. The normalized spacial score (nSPS) is 22.2. The molecule has 0 radical (unpaired) electrons. The summed E-state index contributed by atoms with van der Waals surface area (Å²) in [6.07, 6.45) is 3.28. The number of para-hydroxylation sites is 2. The number of hydrogen-bond donors (Lipinski definition) is 1. The van der Waals surface area contributed by atoms with Crippen molar-refractivity contribution in [3.8, 4) is 5.75 Å². The van der Waals surface area contributed by atoms with Crippen molar-refractivity contribution in [2.45, 2.75) is 51.7 Å². The number of carbonyl (C=O) groups excluding carboxylic acids is 1. The van der Waals surface area contributed by atoms with E-state index >= 15 is 0 Å². The van der Waals surface area contributed by atoms with Gasteiger partial charge in [0.05, 0.1) is 18.3 Å². The second kappa shape index (κ2) is 7.31. The lowest BCUT2D eigenvalue weighted by Gasteiger charge is -2.26. The van der Waals surface area contributed by atoms with E-state index in [2.05, 4.69) is 23.8 Å². The van der Waals surface area contributed by atoms with Crippen LogP contribution in [0.5, 0.6) is 5.75 Å². The monoisotopic (exact) mass is 369 g/mol. The van der Waals surface area contributed by atoms with Crippen LogP contribution in [0.3, 0.4) is 0 Å². The first kappa shape index (κ1) is 18.0. The summed E-state index contributed by atoms with van der Waals surface area (Å²) >= 11 is 0. The molecule has 2 aliphatic heterocycles. The zero-order chi connectivity index (χ0) is 19.0. The number of likely N-dealkylation sites (N-methyl/N-ethyl adjacent to an activating group) is 1. The van der Waals surface area contributed by atoms with Crippen LogP contribution in [0.15, 0.2) is 24.3 Å². The molecule has 1 N–H and O–H groups in total. The molecule has 0 spiro atoms. The molecule has 4 rings (SSSR count). The average Bonchev–Trinajstić information content (AvgIpc) is 3.05. The van der Waals surface area contributed by atoms with Gasteiger partial charge < -0.3 is 9.64 Å². The van der Waals surface area contributed by atoms with E-state index < -0.39 is 6.04 Å². The van der Waals surface area contributed by atoms with Gasteiger partial charge in [-0.25, -0.2) is 9.67 Å². The van der Waals surface area contributed by atoms with Crippen molar-refractivity contribution in [3.63, 3.8) is 0 Å². The molecule has 0 unspecified atom stereocenters. The fourth-order valence-electron chi connectivity index (χ4n) is 3.94. The minimum atomic E-state index is -0.427. The zero-order valence-corrected chi connectivity index (χ0v) is 16.2. The lowest BCUT2D eigenvalue weighted by Crippen LogP contribution is -2.46. The van der Waals surface area contributed by atoms with Gasteiger partial charge >= 0.3 is 0 Å². The fraction of sp³-hybridized carbons (Fsp3) is 0.550. The summed E-state index contributed by atoms with van der Waals surface area (Å²) in [5, 5.41) is 8.01. The van der Waals surface area contributed by atoms with Crippen molar-refractivity contribution in [2.24, 2.45) is 5.92 Å². The number of carbonyl (C=O) groups is 1. The summed E-state index contributed by atoms with van der Waals surface area (Å²) in [6.45, 7) is 5.21. The van der Waals surface area contributed by atoms with Crippen molar-refractivity contribution in [3.05, 3.63) is 35.9 Å². The van der Waals surface area contributed by atoms with Crippen LogP contribution in [0.25, 0.3) is 0 Å². The summed E-state index contributed by atoms with van der Waals surface area (Å²) in [5.41, 5.74) is 0.794. The number of hydrogen-bond acceptors (Lipinski definition) is 5. The Morgan fingerprint density at radius 3 is 2.96 bits per heavy atom. The van der Waals surface area contributed by atoms with Crippen molar-refractivity contribution < 1.29 is 9.53 Å². The summed E-state index contributed by atoms with van der Waals surface area (Å²) in [7, 11) is 1.78. The average molecular weight is 369 g/mol. The molecule has 7 nitrogen and oxygen atoms in total. The van der Waals surface area contributed by atoms with Gasteiger partial charge in [-0.15, -0.1) is 0 Å². The second-order valence-electron chi connectivity index (χ2n) is 7.70. The SMILES string of the molecule is CC(C)[C@H]1CCCc2nc(CN[C@H]3COc4ccccc4N(C)C3=O)nn21. The Hall–Kier alpha value is -2.41. The van der Waals surface area contributed by atoms with E-state index in [0.29, 0.717) is 25.1 Å². The summed E-state index contributed by atoms with van der Waals surface area (Å²) < 4.78 is 7.94. The number of amides is 1. The maximum Gasteiger partial charge on any atom is 0.247 e. The first-order valence-electron chi connectivity index (χ1n) is 9.71. The van der Waals surface area contributed by atoms with E-state index in [1.54, 1.807) is 11.9 Å². The molecule has 3 heterocycles. The maximum absolute atomic E-state index is 12.8. The Bertz CT molecular complexity index is 832. The van der Waals surface area contributed by atoms with Crippen molar-refractivity contribution in [2.75, 3.05) is 18.6 Å². The smallest absolute Gasteiger partial charge is 0.247 e. The van der Waals surface area contributed by atoms with Crippen LogP contribution < -0.4 is 15.0 Å². The van der Waals surface area contributed by atoms with E-state index in [1.807, 2.05) is 24.3 Å². The molecule has 2 atom stereocenters. The molecule has 0 saturated heterocycles. The van der Waals surface area contributed by atoms with Crippen LogP contribution in [-0.4, -0.2) is 40.4 Å². The molecule has 7 heteroatoms. The van der Waals surface area contributed by atoms with Crippen molar-refractivity contribution in [1.29, 1.82) is 0 Å². The molecule has 1 amide bonds. The third-order valence-corrected chi connectivity index (χ3v) is 5.50. The van der Waals surface area contributed by atoms with E-state index in [4.69, 9.17) is 14.8 Å². The number of rotatable bonds is 4. The molecular weight excluding hydrogens is 342 g/mol. The fourth-order valence-corrected chi connectivity index (χ4v) is 3.94. The number of nitrogens with one attached hydrogen (secondary N) is 1. The minimum absolute atomic E-state index is 0.0102. The molecule has 0 saturated carbocycles. The molecule has 144 valence electrons. The predicted molar refractivity (Wildman–Crippen MR) is 103 cm³/mol. The Labute approximate surface area is 159 Å². The molecule has 0 aliphatic carbocycles. The van der Waals surface area contributed by atoms with Crippen molar-refractivity contribution >= 4 is 11.6 Å². The van der Waals surface area contributed by atoms with Gasteiger partial charge in [0.15, 0.2) is 5.82 Å². The second-order valence-corrected chi connectivity index (χ2v) is 7.70. The molecule has 1 aromatic heterocycles. The summed E-state index contributed by atoms with van der Waals surface area (Å²) in [4.78, 5) is 19.2. The van der Waals surface area contributed by atoms with Crippen LogP contribution in [0.1, 0.15) is 44.4 Å². The van der Waals surface area contributed by atoms with Gasteiger partial charge in [0, 0.05) is 13.5 Å².